The lowest BCUT2D eigenvalue weighted by Crippen LogP contribution is -2.10. The first-order valence-electron chi connectivity index (χ1n) is 10.6. The Morgan fingerprint density at radius 1 is 0.800 bits per heavy atom. The minimum absolute atomic E-state index is 0.0332. The van der Waals surface area contributed by atoms with Crippen LogP contribution in [-0.2, 0) is 7.05 Å². The van der Waals surface area contributed by atoms with E-state index in [0.29, 0.717) is 0 Å². The summed E-state index contributed by atoms with van der Waals surface area (Å²) in [6.45, 7) is 12.1. The molecule has 0 spiro atoms. The molecule has 1 unspecified atom stereocenters. The average molecular weight is 411 g/mol. The lowest BCUT2D eigenvalue weighted by Gasteiger charge is -2.12. The van der Waals surface area contributed by atoms with Gasteiger partial charge in [0.1, 0.15) is 11.5 Å². The Morgan fingerprint density at radius 2 is 1.40 bits per heavy atom. The smallest absolute Gasteiger partial charge is 0.121 e. The molecule has 0 N–H and O–H groups in total. The van der Waals surface area contributed by atoms with Gasteiger partial charge in [-0.15, -0.1) is 0 Å². The van der Waals surface area contributed by atoms with Gasteiger partial charge in [0, 0.05) is 23.9 Å². The monoisotopic (exact) mass is 410 g/mol. The van der Waals surface area contributed by atoms with Gasteiger partial charge in [-0.05, 0) is 44.2 Å². The van der Waals surface area contributed by atoms with Crippen LogP contribution < -0.4 is 9.47 Å². The van der Waals surface area contributed by atoms with E-state index < -0.39 is 0 Å². The molecule has 6 heteroatoms. The number of hydrogen-bond donors (Lipinski definition) is 0. The fourth-order valence-corrected chi connectivity index (χ4v) is 3.52. The Labute approximate surface area is 179 Å². The maximum absolute atomic E-state index is 5.40. The summed E-state index contributed by atoms with van der Waals surface area (Å²) in [5, 5.41) is 11.7. The maximum Gasteiger partial charge on any atom is 0.121 e. The van der Waals surface area contributed by atoms with E-state index in [9.17, 15) is 0 Å². The van der Waals surface area contributed by atoms with Gasteiger partial charge in [-0.3, -0.25) is 9.36 Å². The fourth-order valence-electron chi connectivity index (χ4n) is 3.52. The maximum atomic E-state index is 5.40. The van der Waals surface area contributed by atoms with Crippen molar-refractivity contribution < 1.29 is 9.47 Å². The first-order chi connectivity index (χ1) is 14.5. The molecule has 2 heterocycles. The molecule has 162 valence electrons. The molecule has 0 saturated heterocycles. The Hall–Kier alpha value is -3.02. The van der Waals surface area contributed by atoms with E-state index in [4.69, 9.17) is 19.7 Å². The highest BCUT2D eigenvalue weighted by Crippen LogP contribution is 2.32. The van der Waals surface area contributed by atoms with E-state index >= 15 is 0 Å². The molecule has 0 saturated carbocycles. The summed E-state index contributed by atoms with van der Waals surface area (Å²) in [7, 11) is 5.31. The third-order valence-electron chi connectivity index (χ3n) is 4.95. The normalized spacial score (nSPS) is 11.4. The van der Waals surface area contributed by atoms with E-state index in [1.54, 1.807) is 14.2 Å². The standard InChI is InChI=1S/C20H22N4O2.2C2H6/c1-12-16-8-6-15(26-5)11-19(16)24(21-12)13(2)20-17-10-14(25-4)7-9-18(17)23(3)22-20;2*1-2/h6-11,13H,1-5H3;2*1-2H3. The van der Waals surface area contributed by atoms with Crippen molar-refractivity contribution in [2.75, 3.05) is 14.2 Å². The lowest BCUT2D eigenvalue weighted by molar-refractivity contribution is 0.415. The Morgan fingerprint density at radius 3 is 2.03 bits per heavy atom. The van der Waals surface area contributed by atoms with Crippen LogP contribution in [0.2, 0.25) is 0 Å². The van der Waals surface area contributed by atoms with Gasteiger partial charge in [0.05, 0.1) is 42.7 Å². The predicted molar refractivity (Wildman–Crippen MR) is 125 cm³/mol. The second-order valence-corrected chi connectivity index (χ2v) is 6.48. The summed E-state index contributed by atoms with van der Waals surface area (Å²) >= 11 is 0. The van der Waals surface area contributed by atoms with Crippen molar-refractivity contribution in [3.63, 3.8) is 0 Å². The molecule has 30 heavy (non-hydrogen) atoms. The first kappa shape index (κ1) is 23.3. The molecule has 2 aromatic carbocycles. The SMILES string of the molecule is CC.CC.COc1ccc2c(c1)c(C(C)n1nc(C)c3ccc(OC)cc31)nn2C. The second-order valence-electron chi connectivity index (χ2n) is 6.48. The number of aryl methyl sites for hydroxylation is 2. The van der Waals surface area contributed by atoms with Gasteiger partial charge in [0.15, 0.2) is 0 Å². The van der Waals surface area contributed by atoms with Crippen LogP contribution in [0.4, 0.5) is 0 Å². The highest BCUT2D eigenvalue weighted by atomic mass is 16.5. The van der Waals surface area contributed by atoms with Crippen LogP contribution in [0, 0.1) is 6.92 Å². The molecule has 0 radical (unpaired) electrons. The van der Waals surface area contributed by atoms with E-state index in [-0.39, 0.29) is 6.04 Å². The molecular weight excluding hydrogens is 376 g/mol. The summed E-state index contributed by atoms with van der Waals surface area (Å²) in [6, 6.07) is 12.0. The molecule has 2 aromatic heterocycles. The molecule has 6 nitrogen and oxygen atoms in total. The summed E-state index contributed by atoms with van der Waals surface area (Å²) in [4.78, 5) is 0. The third kappa shape index (κ3) is 4.13. The quantitative estimate of drug-likeness (QED) is 0.420. The minimum Gasteiger partial charge on any atom is -0.497 e. The van der Waals surface area contributed by atoms with Crippen molar-refractivity contribution in [1.29, 1.82) is 0 Å². The summed E-state index contributed by atoms with van der Waals surface area (Å²) in [5.41, 5.74) is 4.07. The molecule has 0 aliphatic heterocycles. The Kier molecular flexibility index (Phi) is 7.86. The van der Waals surface area contributed by atoms with Crippen LogP contribution in [0.25, 0.3) is 21.8 Å². The summed E-state index contributed by atoms with van der Waals surface area (Å²) in [5.74, 6) is 1.64. The summed E-state index contributed by atoms with van der Waals surface area (Å²) < 4.78 is 14.7. The van der Waals surface area contributed by atoms with Crippen LogP contribution >= 0.6 is 0 Å². The number of nitrogens with zero attached hydrogens (tertiary/aromatic N) is 4. The van der Waals surface area contributed by atoms with Crippen molar-refractivity contribution in [3.05, 3.63) is 47.8 Å². The van der Waals surface area contributed by atoms with E-state index in [1.165, 1.54) is 0 Å². The Balaban J connectivity index is 0.000000757. The van der Waals surface area contributed by atoms with Gasteiger partial charge in [0.25, 0.3) is 0 Å². The third-order valence-corrected chi connectivity index (χ3v) is 4.95. The highest BCUT2D eigenvalue weighted by Gasteiger charge is 2.21. The zero-order valence-electron chi connectivity index (χ0n) is 19.6. The number of benzene rings is 2. The van der Waals surface area contributed by atoms with Crippen LogP contribution in [0.5, 0.6) is 11.5 Å². The highest BCUT2D eigenvalue weighted by molar-refractivity contribution is 5.86. The van der Waals surface area contributed by atoms with E-state index in [2.05, 4.69) is 13.0 Å². The van der Waals surface area contributed by atoms with Gasteiger partial charge >= 0.3 is 0 Å². The molecule has 0 amide bonds. The minimum atomic E-state index is -0.0332. The molecule has 0 aliphatic carbocycles. The summed E-state index contributed by atoms with van der Waals surface area (Å²) in [6.07, 6.45) is 0. The average Bonchev–Trinajstić information content (AvgIpc) is 3.32. The van der Waals surface area contributed by atoms with E-state index in [0.717, 1.165) is 44.7 Å². The molecule has 0 fully saturated rings. The predicted octanol–water partition coefficient (Wildman–Crippen LogP) is 5.91. The van der Waals surface area contributed by atoms with Crippen molar-refractivity contribution in [2.45, 2.75) is 47.6 Å². The Bertz CT molecular complexity index is 1020. The van der Waals surface area contributed by atoms with Crippen molar-refractivity contribution in [2.24, 2.45) is 7.05 Å². The van der Waals surface area contributed by atoms with Crippen LogP contribution in [0.3, 0.4) is 0 Å². The number of hydrogen-bond acceptors (Lipinski definition) is 4. The zero-order valence-corrected chi connectivity index (χ0v) is 19.6. The van der Waals surface area contributed by atoms with Crippen LogP contribution in [0.1, 0.15) is 52.0 Å². The van der Waals surface area contributed by atoms with E-state index in [1.807, 2.05) is 81.4 Å². The molecule has 0 bridgehead atoms. The van der Waals surface area contributed by atoms with Crippen LogP contribution in [-0.4, -0.2) is 33.8 Å². The van der Waals surface area contributed by atoms with Gasteiger partial charge < -0.3 is 9.47 Å². The van der Waals surface area contributed by atoms with Gasteiger partial charge in [0.2, 0.25) is 0 Å². The number of rotatable bonds is 4. The van der Waals surface area contributed by atoms with Crippen molar-refractivity contribution >= 4 is 21.8 Å². The number of ether oxygens (including phenoxy) is 2. The molecule has 1 atom stereocenters. The molecule has 4 rings (SSSR count). The topological polar surface area (TPSA) is 54.1 Å². The van der Waals surface area contributed by atoms with Gasteiger partial charge in [-0.2, -0.15) is 10.2 Å². The van der Waals surface area contributed by atoms with Crippen LogP contribution in [0.15, 0.2) is 36.4 Å². The molecular formula is C24H34N4O2. The molecule has 0 aliphatic rings. The lowest BCUT2D eigenvalue weighted by atomic mass is 10.1. The van der Waals surface area contributed by atoms with Gasteiger partial charge in [-0.25, -0.2) is 0 Å². The number of aromatic nitrogens is 4. The van der Waals surface area contributed by atoms with Crippen molar-refractivity contribution in [1.82, 2.24) is 19.6 Å². The number of fused-ring (bicyclic) bond motifs is 2. The van der Waals surface area contributed by atoms with Gasteiger partial charge in [-0.1, -0.05) is 27.7 Å². The molecule has 4 aromatic rings. The number of methoxy groups -OCH3 is 2. The zero-order chi connectivity index (χ0) is 22.4. The fraction of sp³-hybridized carbons (Fsp3) is 0.417. The van der Waals surface area contributed by atoms with Crippen molar-refractivity contribution in [3.8, 4) is 11.5 Å². The first-order valence-corrected chi connectivity index (χ1v) is 10.6. The second kappa shape index (κ2) is 10.1. The largest absolute Gasteiger partial charge is 0.497 e.